The summed E-state index contributed by atoms with van der Waals surface area (Å²) >= 11 is 6.07. The van der Waals surface area contributed by atoms with E-state index >= 15 is 0 Å². The highest BCUT2D eigenvalue weighted by Gasteiger charge is 2.29. The molecule has 23 heavy (non-hydrogen) atoms. The number of hydrogen-bond donors (Lipinski definition) is 2. The molecular weight excluding hydrogens is 314 g/mol. The van der Waals surface area contributed by atoms with Crippen LogP contribution in [0.15, 0.2) is 42.0 Å². The van der Waals surface area contributed by atoms with Gasteiger partial charge in [0, 0.05) is 30.5 Å². The van der Waals surface area contributed by atoms with Gasteiger partial charge in [-0.2, -0.15) is 0 Å². The summed E-state index contributed by atoms with van der Waals surface area (Å²) in [4.78, 5) is 14.3. The number of amides is 1. The normalized spacial score (nSPS) is 20.2. The summed E-state index contributed by atoms with van der Waals surface area (Å²) in [6.07, 6.45) is 6.89. The Morgan fingerprint density at radius 3 is 2.78 bits per heavy atom. The molecule has 1 aliphatic rings. The van der Waals surface area contributed by atoms with Crippen LogP contribution in [-0.4, -0.2) is 39.5 Å². The molecule has 2 N–H and O–H groups in total. The molecule has 4 nitrogen and oxygen atoms in total. The predicted molar refractivity (Wildman–Crippen MR) is 92.0 cm³/mol. The molecule has 5 heteroatoms. The van der Waals surface area contributed by atoms with Crippen LogP contribution >= 0.6 is 11.6 Å². The van der Waals surface area contributed by atoms with E-state index in [0.717, 1.165) is 12.0 Å². The molecular formula is C18H22ClNO3. The van der Waals surface area contributed by atoms with Crippen molar-refractivity contribution in [2.45, 2.75) is 25.6 Å². The summed E-state index contributed by atoms with van der Waals surface area (Å²) in [5.74, 6) is -0.232. The molecule has 1 fully saturated rings. The monoisotopic (exact) mass is 335 g/mol. The summed E-state index contributed by atoms with van der Waals surface area (Å²) in [6, 6.07) is 4.03. The molecule has 1 aromatic rings. The van der Waals surface area contributed by atoms with E-state index in [0.29, 0.717) is 13.1 Å². The van der Waals surface area contributed by atoms with Gasteiger partial charge in [0.25, 0.3) is 5.91 Å². The van der Waals surface area contributed by atoms with E-state index in [1.165, 1.54) is 18.2 Å². The number of halogens is 1. The fourth-order valence-electron chi connectivity index (χ4n) is 2.87. The van der Waals surface area contributed by atoms with Gasteiger partial charge < -0.3 is 15.1 Å². The standard InChI is InChI=1S/C18H22ClNO3/c1-3-4-13(9-12(2)19)14-7-8-20(11-14)18(23)16-6-5-15(21)10-17(16)22/h3-6,9-10,12,14,21-22H,7-8,11H2,1-2H3/b4-3-,13-9+. The van der Waals surface area contributed by atoms with Gasteiger partial charge in [0.1, 0.15) is 11.5 Å². The number of carbonyl (C=O) groups is 1. The number of rotatable bonds is 4. The molecule has 1 aliphatic heterocycles. The molecule has 0 aromatic heterocycles. The number of nitrogens with zero attached hydrogens (tertiary/aromatic N) is 1. The van der Waals surface area contributed by atoms with E-state index in [-0.39, 0.29) is 34.3 Å². The number of alkyl halides is 1. The number of benzene rings is 1. The fourth-order valence-corrected chi connectivity index (χ4v) is 3.02. The van der Waals surface area contributed by atoms with Gasteiger partial charge in [0.05, 0.1) is 5.56 Å². The minimum absolute atomic E-state index is 0.0623. The smallest absolute Gasteiger partial charge is 0.257 e. The lowest BCUT2D eigenvalue weighted by atomic mass is 9.96. The van der Waals surface area contributed by atoms with Gasteiger partial charge in [-0.3, -0.25) is 4.79 Å². The second-order valence-electron chi connectivity index (χ2n) is 5.78. The van der Waals surface area contributed by atoms with Crippen molar-refractivity contribution in [1.29, 1.82) is 0 Å². The molecule has 2 atom stereocenters. The Balaban J connectivity index is 2.14. The summed E-state index contributed by atoms with van der Waals surface area (Å²) < 4.78 is 0. The average molecular weight is 336 g/mol. The minimum Gasteiger partial charge on any atom is -0.508 e. The van der Waals surface area contributed by atoms with Crippen molar-refractivity contribution in [3.8, 4) is 11.5 Å². The number of allylic oxidation sites excluding steroid dienone is 3. The number of hydrogen-bond acceptors (Lipinski definition) is 3. The van der Waals surface area contributed by atoms with Gasteiger partial charge in [-0.1, -0.05) is 18.2 Å². The van der Waals surface area contributed by atoms with Crippen molar-refractivity contribution >= 4 is 17.5 Å². The average Bonchev–Trinajstić information content (AvgIpc) is 2.95. The largest absolute Gasteiger partial charge is 0.508 e. The second-order valence-corrected chi connectivity index (χ2v) is 6.47. The highest BCUT2D eigenvalue weighted by Crippen LogP contribution is 2.29. The first-order valence-corrected chi connectivity index (χ1v) is 8.15. The summed E-state index contributed by atoms with van der Waals surface area (Å²) in [7, 11) is 0. The van der Waals surface area contributed by atoms with Crippen molar-refractivity contribution in [3.05, 3.63) is 47.6 Å². The number of aromatic hydroxyl groups is 2. The van der Waals surface area contributed by atoms with Gasteiger partial charge in [-0.15, -0.1) is 11.6 Å². The van der Waals surface area contributed by atoms with Crippen LogP contribution in [0, 0.1) is 5.92 Å². The summed E-state index contributed by atoms with van der Waals surface area (Å²) in [6.45, 7) is 5.10. The zero-order valence-electron chi connectivity index (χ0n) is 13.4. The van der Waals surface area contributed by atoms with Crippen molar-refractivity contribution in [3.63, 3.8) is 0 Å². The number of phenols is 2. The van der Waals surface area contributed by atoms with Gasteiger partial charge in [0.15, 0.2) is 0 Å². The predicted octanol–water partition coefficient (Wildman–Crippen LogP) is 3.69. The Kier molecular flexibility index (Phi) is 5.72. The lowest BCUT2D eigenvalue weighted by Gasteiger charge is -2.18. The molecule has 1 aromatic carbocycles. The Labute approximate surface area is 141 Å². The van der Waals surface area contributed by atoms with Crippen LogP contribution in [0.1, 0.15) is 30.6 Å². The van der Waals surface area contributed by atoms with Crippen LogP contribution in [0.3, 0.4) is 0 Å². The second kappa shape index (κ2) is 7.55. The van der Waals surface area contributed by atoms with Crippen LogP contribution in [0.5, 0.6) is 11.5 Å². The molecule has 2 rings (SSSR count). The molecule has 0 bridgehead atoms. The van der Waals surface area contributed by atoms with Gasteiger partial charge in [0.2, 0.25) is 0 Å². The lowest BCUT2D eigenvalue weighted by molar-refractivity contribution is 0.0786. The Morgan fingerprint density at radius 2 is 2.17 bits per heavy atom. The minimum atomic E-state index is -0.219. The van der Waals surface area contributed by atoms with Crippen LogP contribution in [0.25, 0.3) is 0 Å². The van der Waals surface area contributed by atoms with Crippen LogP contribution in [0.4, 0.5) is 0 Å². The zero-order valence-corrected chi connectivity index (χ0v) is 14.1. The third-order valence-corrected chi connectivity index (χ3v) is 4.07. The maximum Gasteiger partial charge on any atom is 0.257 e. The molecule has 124 valence electrons. The quantitative estimate of drug-likeness (QED) is 0.651. The molecule has 2 unspecified atom stereocenters. The lowest BCUT2D eigenvalue weighted by Crippen LogP contribution is -2.29. The molecule has 1 saturated heterocycles. The van der Waals surface area contributed by atoms with Crippen molar-refractivity contribution in [2.75, 3.05) is 13.1 Å². The van der Waals surface area contributed by atoms with E-state index < -0.39 is 0 Å². The molecule has 0 spiro atoms. The molecule has 1 heterocycles. The number of likely N-dealkylation sites (tertiary alicyclic amines) is 1. The Morgan fingerprint density at radius 1 is 1.43 bits per heavy atom. The molecule has 0 saturated carbocycles. The molecule has 0 radical (unpaired) electrons. The Bertz CT molecular complexity index is 637. The summed E-state index contributed by atoms with van der Waals surface area (Å²) in [5.41, 5.74) is 1.35. The van der Waals surface area contributed by atoms with Crippen molar-refractivity contribution < 1.29 is 15.0 Å². The van der Waals surface area contributed by atoms with Crippen LogP contribution < -0.4 is 0 Å². The van der Waals surface area contributed by atoms with E-state index in [1.807, 2.05) is 32.1 Å². The maximum atomic E-state index is 12.5. The van der Waals surface area contributed by atoms with Crippen LogP contribution in [0.2, 0.25) is 0 Å². The van der Waals surface area contributed by atoms with E-state index in [9.17, 15) is 15.0 Å². The first-order chi connectivity index (χ1) is 10.9. The van der Waals surface area contributed by atoms with Gasteiger partial charge in [-0.25, -0.2) is 0 Å². The highest BCUT2D eigenvalue weighted by molar-refractivity contribution is 6.21. The first kappa shape index (κ1) is 17.4. The molecule has 1 amide bonds. The topological polar surface area (TPSA) is 60.8 Å². The Hall–Kier alpha value is -1.94. The van der Waals surface area contributed by atoms with E-state index in [1.54, 1.807) is 4.90 Å². The van der Waals surface area contributed by atoms with Gasteiger partial charge in [-0.05, 0) is 38.0 Å². The third-order valence-electron chi connectivity index (χ3n) is 3.94. The SMILES string of the molecule is C/C=C\C(=C/C(C)Cl)C1CCN(C(=O)c2ccc(O)cc2O)C1. The highest BCUT2D eigenvalue weighted by atomic mass is 35.5. The van der Waals surface area contributed by atoms with Crippen LogP contribution in [-0.2, 0) is 0 Å². The first-order valence-electron chi connectivity index (χ1n) is 7.72. The van der Waals surface area contributed by atoms with Crippen molar-refractivity contribution in [1.82, 2.24) is 4.90 Å². The summed E-state index contributed by atoms with van der Waals surface area (Å²) in [5, 5.41) is 19.1. The fraction of sp³-hybridized carbons (Fsp3) is 0.389. The number of carbonyl (C=O) groups excluding carboxylic acids is 1. The maximum absolute atomic E-state index is 12.5. The number of phenolic OH excluding ortho intramolecular Hbond substituents is 2. The zero-order chi connectivity index (χ0) is 17.0. The molecule has 0 aliphatic carbocycles. The van der Waals surface area contributed by atoms with E-state index in [2.05, 4.69) is 0 Å². The van der Waals surface area contributed by atoms with E-state index in [4.69, 9.17) is 11.6 Å². The van der Waals surface area contributed by atoms with Crippen molar-refractivity contribution in [2.24, 2.45) is 5.92 Å². The third kappa shape index (κ3) is 4.29. The van der Waals surface area contributed by atoms with Gasteiger partial charge >= 0.3 is 0 Å².